The average molecular weight is 844 g/mol. The molecular weight excluding hydrogens is 782 g/mol. The normalized spacial score (nSPS) is 18.8. The van der Waals surface area contributed by atoms with Crippen molar-refractivity contribution in [3.63, 3.8) is 0 Å². The van der Waals surface area contributed by atoms with Gasteiger partial charge in [0.15, 0.2) is 5.96 Å². The molecule has 0 radical (unpaired) electrons. The first-order chi connectivity index (χ1) is 28.4. The Labute approximate surface area is 349 Å². The number of guanidine groups is 1. The van der Waals surface area contributed by atoms with E-state index in [2.05, 4.69) is 42.2 Å². The molecule has 0 aliphatic carbocycles. The maximum Gasteiger partial charge on any atom is 0.249 e. The SMILES string of the molecule is CCN1CCC[C@H]1C(=O)NC(=O)[C@H](CCCN=C(N)N)NC(=O)[C@H](CC(C)C)NC(=O)[C@@H](C)NC(=O)[C@H](Cc1ccc(O)cc1)NC(=O)[C@H](CO)NC(=O)[C@@H]1CCC(=O)N1. The van der Waals surface area contributed by atoms with Gasteiger partial charge in [0.05, 0.1) is 12.6 Å². The molecule has 0 aromatic heterocycles. The number of nitrogens with two attached hydrogens (primary N) is 2. The summed E-state index contributed by atoms with van der Waals surface area (Å²) in [6.45, 7) is 7.57. The van der Waals surface area contributed by atoms with E-state index in [1.807, 2.05) is 25.7 Å². The number of aliphatic hydroxyl groups is 1. The van der Waals surface area contributed by atoms with Crippen LogP contribution in [-0.2, 0) is 44.8 Å². The molecule has 21 heteroatoms. The molecular formula is C39H61N11O10. The van der Waals surface area contributed by atoms with Crippen LogP contribution in [0.3, 0.4) is 0 Å². The summed E-state index contributed by atoms with van der Waals surface area (Å²) in [4.78, 5) is 111. The van der Waals surface area contributed by atoms with E-state index in [9.17, 15) is 48.6 Å². The zero-order valence-corrected chi connectivity index (χ0v) is 34.6. The first kappa shape index (κ1) is 48.5. The van der Waals surface area contributed by atoms with Gasteiger partial charge in [0.1, 0.15) is 42.0 Å². The number of aromatic hydroxyl groups is 1. The summed E-state index contributed by atoms with van der Waals surface area (Å²) in [5.74, 6) is -5.81. The molecule has 0 spiro atoms. The van der Waals surface area contributed by atoms with Crippen LogP contribution in [0.25, 0.3) is 0 Å². The second kappa shape index (κ2) is 23.7. The average Bonchev–Trinajstić information content (AvgIpc) is 3.87. The van der Waals surface area contributed by atoms with Crippen molar-refractivity contribution in [2.24, 2.45) is 22.4 Å². The maximum atomic E-state index is 13.8. The van der Waals surface area contributed by atoms with Gasteiger partial charge in [-0.3, -0.25) is 53.6 Å². The van der Waals surface area contributed by atoms with E-state index < -0.39 is 90.3 Å². The number of nitrogens with zero attached hydrogens (tertiary/aromatic N) is 2. The number of phenolic OH excluding ortho intramolecular Hbond substituents is 1. The fourth-order valence-corrected chi connectivity index (χ4v) is 6.84. The highest BCUT2D eigenvalue weighted by Gasteiger charge is 2.35. The molecule has 3 rings (SSSR count). The van der Waals surface area contributed by atoms with E-state index >= 15 is 0 Å². The van der Waals surface area contributed by atoms with Crippen LogP contribution in [0.4, 0.5) is 0 Å². The maximum absolute atomic E-state index is 13.8. The fourth-order valence-electron chi connectivity index (χ4n) is 6.84. The number of aliphatic hydroxyl groups excluding tert-OH is 1. The topological polar surface area (TPSA) is 329 Å². The van der Waals surface area contributed by atoms with Gasteiger partial charge in [-0.2, -0.15) is 0 Å². The van der Waals surface area contributed by atoms with Gasteiger partial charge in [-0.1, -0.05) is 32.9 Å². The second-order valence-electron chi connectivity index (χ2n) is 15.4. The number of rotatable bonds is 22. The molecule has 1 aromatic carbocycles. The standard InChI is InChI=1S/C39H61N11O10/c1-5-50-17-7-9-30(50)38(60)49-34(56)25(8-6-16-42-39(40)41)45-36(58)27(18-21(2)3)46-32(54)22(4)43-35(57)28(19-23-10-12-24(52)13-11-23)47-37(59)29(20-51)48-33(55)26-14-15-31(53)44-26/h10-13,21-22,25-30,51-52H,5-9,14-20H2,1-4H3,(H,43,57)(H,44,53)(H,45,58)(H,46,54)(H,47,59)(H,48,55)(H4,40,41,42)(H,49,56,60)/t22-,25+,26+,27+,28+,29+,30+/m1/s1. The third-order valence-electron chi connectivity index (χ3n) is 10.1. The number of phenols is 1. The van der Waals surface area contributed by atoms with Crippen LogP contribution in [0.1, 0.15) is 78.2 Å². The number of hydrogen-bond donors (Lipinski definition) is 11. The van der Waals surface area contributed by atoms with Gasteiger partial charge in [0.2, 0.25) is 47.3 Å². The molecule has 8 amide bonds. The predicted molar refractivity (Wildman–Crippen MR) is 218 cm³/mol. The van der Waals surface area contributed by atoms with Crippen LogP contribution in [-0.4, -0.2) is 137 Å². The molecule has 2 aliphatic rings. The van der Waals surface area contributed by atoms with Gasteiger partial charge in [0.25, 0.3) is 0 Å². The van der Waals surface area contributed by atoms with E-state index in [0.717, 1.165) is 13.0 Å². The lowest BCUT2D eigenvalue weighted by atomic mass is 10.0. The van der Waals surface area contributed by atoms with E-state index in [1.165, 1.54) is 31.2 Å². The molecule has 2 fully saturated rings. The third kappa shape index (κ3) is 15.4. The molecule has 332 valence electrons. The quantitative estimate of drug-likeness (QED) is 0.0313. The number of carbonyl (C=O) groups is 8. The lowest BCUT2D eigenvalue weighted by molar-refractivity contribution is -0.137. The Morgan fingerprint density at radius 1 is 0.833 bits per heavy atom. The molecule has 0 saturated carbocycles. The molecule has 2 saturated heterocycles. The first-order valence-electron chi connectivity index (χ1n) is 20.3. The summed E-state index contributed by atoms with van der Waals surface area (Å²) in [7, 11) is 0. The second-order valence-corrected chi connectivity index (χ2v) is 15.4. The minimum atomic E-state index is -1.49. The minimum absolute atomic E-state index is 0.0464. The highest BCUT2D eigenvalue weighted by molar-refractivity contribution is 6.02. The molecule has 0 bridgehead atoms. The van der Waals surface area contributed by atoms with E-state index in [0.29, 0.717) is 18.5 Å². The lowest BCUT2D eigenvalue weighted by Crippen LogP contribution is -2.60. The zero-order valence-electron chi connectivity index (χ0n) is 34.6. The van der Waals surface area contributed by atoms with Crippen molar-refractivity contribution in [2.75, 3.05) is 26.2 Å². The molecule has 1 aromatic rings. The van der Waals surface area contributed by atoms with E-state index in [4.69, 9.17) is 11.5 Å². The number of aliphatic imine (C=N–C) groups is 1. The first-order valence-corrected chi connectivity index (χ1v) is 20.3. The number of nitrogens with one attached hydrogen (secondary N) is 7. The monoisotopic (exact) mass is 843 g/mol. The molecule has 0 unspecified atom stereocenters. The summed E-state index contributed by atoms with van der Waals surface area (Å²) in [5.41, 5.74) is 11.4. The molecule has 60 heavy (non-hydrogen) atoms. The van der Waals surface area contributed by atoms with Crippen molar-refractivity contribution in [1.29, 1.82) is 0 Å². The Hall–Kier alpha value is -5.83. The molecule has 2 aliphatic heterocycles. The van der Waals surface area contributed by atoms with Crippen molar-refractivity contribution < 1.29 is 48.6 Å². The lowest BCUT2D eigenvalue weighted by Gasteiger charge is -2.27. The molecule has 13 N–H and O–H groups in total. The Morgan fingerprint density at radius 2 is 1.47 bits per heavy atom. The molecule has 7 atom stereocenters. The van der Waals surface area contributed by atoms with Crippen molar-refractivity contribution >= 4 is 53.2 Å². The van der Waals surface area contributed by atoms with Gasteiger partial charge >= 0.3 is 0 Å². The van der Waals surface area contributed by atoms with Crippen LogP contribution in [0.5, 0.6) is 5.75 Å². The number of amides is 8. The minimum Gasteiger partial charge on any atom is -0.508 e. The van der Waals surface area contributed by atoms with Crippen LogP contribution in [0, 0.1) is 5.92 Å². The highest BCUT2D eigenvalue weighted by Crippen LogP contribution is 2.17. The Morgan fingerprint density at radius 3 is 2.07 bits per heavy atom. The number of benzene rings is 1. The number of likely N-dealkylation sites (tertiary alicyclic amines) is 1. The summed E-state index contributed by atoms with van der Waals surface area (Å²) in [6.07, 6.45) is 2.03. The summed E-state index contributed by atoms with van der Waals surface area (Å²) in [5, 5.41) is 37.3. The van der Waals surface area contributed by atoms with E-state index in [1.54, 1.807) is 0 Å². The van der Waals surface area contributed by atoms with Crippen LogP contribution in [0.15, 0.2) is 29.3 Å². The van der Waals surface area contributed by atoms with Crippen LogP contribution >= 0.6 is 0 Å². The number of carbonyl (C=O) groups excluding carboxylic acids is 8. The Bertz CT molecular complexity index is 1720. The Kier molecular flexibility index (Phi) is 19.2. The number of likely N-dealkylation sites (N-methyl/N-ethyl adjacent to an activating group) is 1. The van der Waals surface area contributed by atoms with Gasteiger partial charge in [-0.25, -0.2) is 0 Å². The van der Waals surface area contributed by atoms with Gasteiger partial charge in [-0.05, 0) is 82.2 Å². The van der Waals surface area contributed by atoms with Gasteiger partial charge in [0, 0.05) is 19.4 Å². The molecule has 2 heterocycles. The van der Waals surface area contributed by atoms with Crippen molar-refractivity contribution in [2.45, 2.75) is 121 Å². The van der Waals surface area contributed by atoms with Crippen LogP contribution in [0.2, 0.25) is 0 Å². The smallest absolute Gasteiger partial charge is 0.249 e. The number of hydrogen-bond acceptors (Lipinski definition) is 12. The van der Waals surface area contributed by atoms with Crippen molar-refractivity contribution in [1.82, 2.24) is 42.1 Å². The fraction of sp³-hybridized carbons (Fsp3) is 0.615. The highest BCUT2D eigenvalue weighted by atomic mass is 16.3. The van der Waals surface area contributed by atoms with Gasteiger partial charge in [-0.15, -0.1) is 0 Å². The number of imide groups is 1. The predicted octanol–water partition coefficient (Wildman–Crippen LogP) is -3.12. The van der Waals surface area contributed by atoms with Crippen LogP contribution < -0.4 is 48.7 Å². The zero-order chi connectivity index (χ0) is 44.5. The molecule has 21 nitrogen and oxygen atoms in total. The summed E-state index contributed by atoms with van der Waals surface area (Å²) in [6, 6.07) is -2.11. The van der Waals surface area contributed by atoms with Crippen molar-refractivity contribution in [3.05, 3.63) is 29.8 Å². The van der Waals surface area contributed by atoms with Gasteiger partial charge < -0.3 is 53.6 Å². The van der Waals surface area contributed by atoms with E-state index in [-0.39, 0.29) is 68.6 Å². The van der Waals surface area contributed by atoms with Crippen molar-refractivity contribution in [3.8, 4) is 5.75 Å². The third-order valence-corrected chi connectivity index (χ3v) is 10.1. The largest absolute Gasteiger partial charge is 0.508 e. The Balaban J connectivity index is 1.73. The summed E-state index contributed by atoms with van der Waals surface area (Å²) >= 11 is 0. The summed E-state index contributed by atoms with van der Waals surface area (Å²) < 4.78 is 0.